The summed E-state index contributed by atoms with van der Waals surface area (Å²) in [6, 6.07) is 7.12. The van der Waals surface area contributed by atoms with Crippen LogP contribution in [0.3, 0.4) is 0 Å². The molecule has 0 heterocycles. The fourth-order valence-electron chi connectivity index (χ4n) is 1.55. The monoisotopic (exact) mass is 319 g/mol. The van der Waals surface area contributed by atoms with Crippen molar-refractivity contribution in [3.63, 3.8) is 0 Å². The number of nitrogens with one attached hydrogen (secondary N) is 1. The van der Waals surface area contributed by atoms with Crippen LogP contribution in [0.4, 0.5) is 5.69 Å². The third-order valence-electron chi connectivity index (χ3n) is 2.67. The van der Waals surface area contributed by atoms with E-state index in [1.165, 1.54) is 31.2 Å². The van der Waals surface area contributed by atoms with Crippen molar-refractivity contribution in [2.75, 3.05) is 13.2 Å². The van der Waals surface area contributed by atoms with Crippen LogP contribution in [0.2, 0.25) is 0 Å². The van der Waals surface area contributed by atoms with Crippen molar-refractivity contribution in [3.8, 4) is 11.8 Å². The molecule has 0 saturated carbocycles. The van der Waals surface area contributed by atoms with Crippen molar-refractivity contribution in [2.24, 2.45) is 5.92 Å². The highest BCUT2D eigenvalue weighted by atomic mass is 16.6. The molecule has 0 aliphatic carbocycles. The lowest BCUT2D eigenvalue weighted by atomic mass is 10.0. The molecule has 0 saturated heterocycles. The first kappa shape index (κ1) is 17.8. The zero-order chi connectivity index (χ0) is 17.4. The first-order valence-electron chi connectivity index (χ1n) is 6.36. The summed E-state index contributed by atoms with van der Waals surface area (Å²) in [5.74, 6) is -3.01. The van der Waals surface area contributed by atoms with Gasteiger partial charge in [0.25, 0.3) is 0 Å². The van der Waals surface area contributed by atoms with Gasteiger partial charge in [-0.3, -0.25) is 14.9 Å². The third kappa shape index (κ3) is 5.20. The van der Waals surface area contributed by atoms with E-state index in [0.717, 1.165) is 0 Å². The van der Waals surface area contributed by atoms with E-state index in [4.69, 9.17) is 15.4 Å². The van der Waals surface area contributed by atoms with Gasteiger partial charge in [-0.2, -0.15) is 5.26 Å². The van der Waals surface area contributed by atoms with Crippen molar-refractivity contribution in [1.82, 2.24) is 0 Å². The van der Waals surface area contributed by atoms with Crippen LogP contribution in [0, 0.1) is 32.8 Å². The van der Waals surface area contributed by atoms with Crippen LogP contribution < -0.4 is 4.74 Å². The molecule has 9 heteroatoms. The van der Waals surface area contributed by atoms with Gasteiger partial charge in [0.15, 0.2) is 24.7 Å². The van der Waals surface area contributed by atoms with E-state index in [0.29, 0.717) is 0 Å². The molecular weight excluding hydrogens is 306 g/mol. The van der Waals surface area contributed by atoms with Crippen LogP contribution in [-0.2, 0) is 14.3 Å². The Morgan fingerprint density at radius 1 is 1.39 bits per heavy atom. The van der Waals surface area contributed by atoms with Crippen molar-refractivity contribution in [3.05, 3.63) is 34.4 Å². The van der Waals surface area contributed by atoms with E-state index in [9.17, 15) is 19.7 Å². The van der Waals surface area contributed by atoms with Crippen molar-refractivity contribution in [2.45, 2.75) is 6.92 Å². The number of esters is 1. The lowest BCUT2D eigenvalue weighted by molar-refractivity contribution is -0.385. The van der Waals surface area contributed by atoms with Gasteiger partial charge in [0.05, 0.1) is 11.0 Å². The smallest absolute Gasteiger partial charge is 0.344 e. The van der Waals surface area contributed by atoms with Gasteiger partial charge in [0.1, 0.15) is 5.92 Å². The molecule has 1 N–H and O–H groups in total. The van der Waals surface area contributed by atoms with E-state index in [-0.39, 0.29) is 17.1 Å². The van der Waals surface area contributed by atoms with Crippen LogP contribution in [-0.4, -0.2) is 35.6 Å². The summed E-state index contributed by atoms with van der Waals surface area (Å²) in [4.78, 5) is 33.2. The fourth-order valence-corrected chi connectivity index (χ4v) is 1.55. The topological polar surface area (TPSA) is 143 Å². The van der Waals surface area contributed by atoms with Crippen LogP contribution in [0.25, 0.3) is 0 Å². The summed E-state index contributed by atoms with van der Waals surface area (Å²) in [5.41, 5.74) is -0.454. The number of ether oxygens (including phenoxy) is 2. The Hall–Kier alpha value is -3.28. The summed E-state index contributed by atoms with van der Waals surface area (Å²) in [6.45, 7) is -0.00228. The van der Waals surface area contributed by atoms with Crippen molar-refractivity contribution in [1.29, 1.82) is 10.7 Å². The van der Waals surface area contributed by atoms with Gasteiger partial charge < -0.3 is 14.9 Å². The Bertz CT molecular complexity index is 679. The van der Waals surface area contributed by atoms with Gasteiger partial charge in [0.2, 0.25) is 0 Å². The minimum atomic E-state index is -1.26. The highest BCUT2D eigenvalue weighted by Crippen LogP contribution is 2.25. The number of nitrogens with zero attached hydrogens (tertiary/aromatic N) is 2. The number of nitro groups is 1. The zero-order valence-corrected chi connectivity index (χ0v) is 12.1. The second-order valence-electron chi connectivity index (χ2n) is 4.39. The standard InChI is InChI=1S/C14H13N3O6/c1-9(16)10(6-15)12(18)7-23-14(19)8-22-13-5-3-2-4-11(13)17(20)21/h2-5,10,16H,7-8H2,1H3. The largest absolute Gasteiger partial charge is 0.475 e. The highest BCUT2D eigenvalue weighted by molar-refractivity contribution is 6.06. The normalized spacial score (nSPS) is 11.0. The maximum Gasteiger partial charge on any atom is 0.344 e. The molecule has 9 nitrogen and oxygen atoms in total. The molecule has 120 valence electrons. The molecule has 1 aromatic carbocycles. The molecule has 0 fully saturated rings. The van der Waals surface area contributed by atoms with E-state index in [1.807, 2.05) is 0 Å². The zero-order valence-electron chi connectivity index (χ0n) is 12.1. The number of nitriles is 1. The van der Waals surface area contributed by atoms with Crippen LogP contribution in [0.5, 0.6) is 5.75 Å². The SMILES string of the molecule is CC(=N)C(C#N)C(=O)COC(=O)COc1ccccc1[N+](=O)[O-]. The molecule has 23 heavy (non-hydrogen) atoms. The molecule has 0 amide bonds. The summed E-state index contributed by atoms with van der Waals surface area (Å²) in [7, 11) is 0. The number of hydrogen-bond donors (Lipinski definition) is 1. The van der Waals surface area contributed by atoms with Gasteiger partial charge in [-0.15, -0.1) is 0 Å². The van der Waals surface area contributed by atoms with E-state index < -0.39 is 35.8 Å². The second-order valence-corrected chi connectivity index (χ2v) is 4.39. The molecule has 0 aromatic heterocycles. The summed E-state index contributed by atoms with van der Waals surface area (Å²) < 4.78 is 9.62. The Kier molecular flexibility index (Phi) is 6.36. The Balaban J connectivity index is 2.53. The number of rotatable bonds is 8. The summed E-state index contributed by atoms with van der Waals surface area (Å²) >= 11 is 0. The predicted octanol–water partition coefficient (Wildman–Crippen LogP) is 1.27. The molecule has 0 spiro atoms. The summed E-state index contributed by atoms with van der Waals surface area (Å²) in [6.07, 6.45) is 0. The first-order valence-corrected chi connectivity index (χ1v) is 6.36. The molecule has 1 unspecified atom stereocenters. The Labute approximate surface area is 131 Å². The van der Waals surface area contributed by atoms with Gasteiger partial charge >= 0.3 is 11.7 Å². The summed E-state index contributed by atoms with van der Waals surface area (Å²) in [5, 5.41) is 26.7. The van der Waals surface area contributed by atoms with Gasteiger partial charge in [-0.25, -0.2) is 4.79 Å². The molecule has 1 rings (SSSR count). The average Bonchev–Trinajstić information content (AvgIpc) is 2.51. The average molecular weight is 319 g/mol. The lowest BCUT2D eigenvalue weighted by Gasteiger charge is -2.08. The van der Waals surface area contributed by atoms with Crippen LogP contribution in [0.15, 0.2) is 24.3 Å². The Morgan fingerprint density at radius 3 is 2.61 bits per heavy atom. The molecule has 1 aromatic rings. The number of carbonyl (C=O) groups excluding carboxylic acids is 2. The van der Waals surface area contributed by atoms with Gasteiger partial charge in [0, 0.05) is 11.8 Å². The van der Waals surface area contributed by atoms with Gasteiger partial charge in [-0.05, 0) is 13.0 Å². The number of hydrogen-bond acceptors (Lipinski definition) is 8. The fraction of sp³-hybridized carbons (Fsp3) is 0.286. The molecule has 0 radical (unpaired) electrons. The number of ketones is 1. The predicted molar refractivity (Wildman–Crippen MR) is 77.1 cm³/mol. The minimum absolute atomic E-state index is 0.106. The van der Waals surface area contributed by atoms with E-state index >= 15 is 0 Å². The Morgan fingerprint density at radius 2 is 2.04 bits per heavy atom. The number of para-hydroxylation sites is 2. The van der Waals surface area contributed by atoms with E-state index in [2.05, 4.69) is 4.74 Å². The number of nitro benzene ring substituents is 1. The molecule has 0 bridgehead atoms. The minimum Gasteiger partial charge on any atom is -0.475 e. The van der Waals surface area contributed by atoms with Crippen molar-refractivity contribution < 1.29 is 24.0 Å². The van der Waals surface area contributed by atoms with E-state index in [1.54, 1.807) is 6.07 Å². The second kappa shape index (κ2) is 8.23. The van der Waals surface area contributed by atoms with Crippen LogP contribution >= 0.6 is 0 Å². The van der Waals surface area contributed by atoms with Gasteiger partial charge in [-0.1, -0.05) is 12.1 Å². The molecule has 0 aliphatic rings. The molecule has 0 aliphatic heterocycles. The third-order valence-corrected chi connectivity index (χ3v) is 2.67. The number of benzene rings is 1. The number of carbonyl (C=O) groups is 2. The van der Waals surface area contributed by atoms with Crippen molar-refractivity contribution >= 4 is 23.2 Å². The molecular formula is C14H13N3O6. The lowest BCUT2D eigenvalue weighted by Crippen LogP contribution is -2.27. The molecule has 1 atom stereocenters. The first-order chi connectivity index (χ1) is 10.9. The maximum atomic E-state index is 11.6. The maximum absolute atomic E-state index is 11.6. The quantitative estimate of drug-likeness (QED) is 0.329. The van der Waals surface area contributed by atoms with Crippen LogP contribution in [0.1, 0.15) is 6.92 Å². The number of Topliss-reactive ketones (excluding diaryl/α,β-unsaturated/α-hetero) is 1. The highest BCUT2D eigenvalue weighted by Gasteiger charge is 2.22.